The highest BCUT2D eigenvalue weighted by Gasteiger charge is 2.18. The van der Waals surface area contributed by atoms with E-state index in [9.17, 15) is 0 Å². The molecule has 1 saturated heterocycles. The molecule has 0 bridgehead atoms. The minimum Gasteiger partial charge on any atom is -0.472 e. The molecule has 5 nitrogen and oxygen atoms in total. The van der Waals surface area contributed by atoms with Crippen molar-refractivity contribution in [1.82, 2.24) is 15.3 Å². The summed E-state index contributed by atoms with van der Waals surface area (Å²) >= 11 is 0. The Kier molecular flexibility index (Phi) is 4.85. The molecule has 2 heterocycles. The summed E-state index contributed by atoms with van der Waals surface area (Å²) in [6.45, 7) is 5.87. The van der Waals surface area contributed by atoms with Gasteiger partial charge in [-0.25, -0.2) is 9.97 Å². The number of ether oxygens (including phenoxy) is 1. The van der Waals surface area contributed by atoms with Gasteiger partial charge in [-0.05, 0) is 12.5 Å². The van der Waals surface area contributed by atoms with E-state index in [0.29, 0.717) is 5.88 Å². The van der Waals surface area contributed by atoms with E-state index in [1.165, 1.54) is 5.56 Å². The first-order valence-corrected chi connectivity index (χ1v) is 7.80. The van der Waals surface area contributed by atoms with Crippen LogP contribution < -0.4 is 15.0 Å². The molecule has 5 heteroatoms. The number of piperazine rings is 1. The first kappa shape index (κ1) is 14.8. The monoisotopic (exact) mass is 298 g/mol. The summed E-state index contributed by atoms with van der Waals surface area (Å²) in [7, 11) is 0. The zero-order valence-electron chi connectivity index (χ0n) is 12.9. The topological polar surface area (TPSA) is 50.3 Å². The van der Waals surface area contributed by atoms with Crippen LogP contribution in [0.25, 0.3) is 0 Å². The van der Waals surface area contributed by atoms with Crippen molar-refractivity contribution >= 4 is 5.82 Å². The SMILES string of the molecule is CC(Cc1ccccc1)Oc1nccnc1N1CCNCC1. The van der Waals surface area contributed by atoms with Crippen LogP contribution in [0, 0.1) is 0 Å². The Bertz CT molecular complexity index is 584. The normalized spacial score (nSPS) is 16.3. The fourth-order valence-corrected chi connectivity index (χ4v) is 2.67. The molecule has 1 N–H and O–H groups in total. The van der Waals surface area contributed by atoms with E-state index >= 15 is 0 Å². The van der Waals surface area contributed by atoms with Gasteiger partial charge in [0.1, 0.15) is 6.10 Å². The van der Waals surface area contributed by atoms with Crippen LogP contribution in [0.4, 0.5) is 5.82 Å². The molecule has 1 unspecified atom stereocenters. The third-order valence-electron chi connectivity index (χ3n) is 3.74. The Morgan fingerprint density at radius 1 is 1.14 bits per heavy atom. The van der Waals surface area contributed by atoms with Crippen LogP contribution in [-0.2, 0) is 6.42 Å². The van der Waals surface area contributed by atoms with Crippen molar-refractivity contribution in [3.63, 3.8) is 0 Å². The Morgan fingerprint density at radius 3 is 2.64 bits per heavy atom. The molecular weight excluding hydrogens is 276 g/mol. The standard InChI is InChI=1S/C17H22N4O/c1-14(13-15-5-3-2-4-6-15)22-17-16(19-7-8-20-17)21-11-9-18-10-12-21/h2-8,14,18H,9-13H2,1H3. The maximum absolute atomic E-state index is 6.07. The Morgan fingerprint density at radius 2 is 1.86 bits per heavy atom. The highest BCUT2D eigenvalue weighted by molar-refractivity contribution is 5.48. The number of hydrogen-bond donors (Lipinski definition) is 1. The highest BCUT2D eigenvalue weighted by Crippen LogP contribution is 2.24. The van der Waals surface area contributed by atoms with Gasteiger partial charge in [-0.15, -0.1) is 0 Å². The number of hydrogen-bond acceptors (Lipinski definition) is 5. The van der Waals surface area contributed by atoms with Gasteiger partial charge >= 0.3 is 0 Å². The molecular formula is C17H22N4O. The maximum atomic E-state index is 6.07. The van der Waals surface area contributed by atoms with Gasteiger partial charge in [-0.3, -0.25) is 0 Å². The molecule has 0 spiro atoms. The Balaban J connectivity index is 1.69. The molecule has 0 radical (unpaired) electrons. The van der Waals surface area contributed by atoms with Crippen molar-refractivity contribution in [3.8, 4) is 5.88 Å². The molecule has 1 atom stereocenters. The van der Waals surface area contributed by atoms with Gasteiger partial charge in [0.2, 0.25) is 0 Å². The van der Waals surface area contributed by atoms with E-state index < -0.39 is 0 Å². The summed E-state index contributed by atoms with van der Waals surface area (Å²) in [5.74, 6) is 1.48. The van der Waals surface area contributed by atoms with Crippen molar-refractivity contribution in [3.05, 3.63) is 48.3 Å². The third-order valence-corrected chi connectivity index (χ3v) is 3.74. The van der Waals surface area contributed by atoms with E-state index in [2.05, 4.69) is 51.4 Å². The molecule has 3 rings (SSSR count). The molecule has 1 aliphatic heterocycles. The quantitative estimate of drug-likeness (QED) is 0.913. The molecule has 1 fully saturated rings. The lowest BCUT2D eigenvalue weighted by Gasteiger charge is -2.29. The van der Waals surface area contributed by atoms with Gasteiger partial charge in [-0.2, -0.15) is 0 Å². The zero-order valence-corrected chi connectivity index (χ0v) is 12.9. The first-order valence-electron chi connectivity index (χ1n) is 7.80. The van der Waals surface area contributed by atoms with Crippen molar-refractivity contribution in [2.45, 2.75) is 19.4 Å². The number of anilines is 1. The largest absolute Gasteiger partial charge is 0.472 e. The highest BCUT2D eigenvalue weighted by atomic mass is 16.5. The van der Waals surface area contributed by atoms with Crippen LogP contribution in [0.3, 0.4) is 0 Å². The minimum absolute atomic E-state index is 0.0563. The van der Waals surface area contributed by atoms with Crippen LogP contribution >= 0.6 is 0 Å². The molecule has 22 heavy (non-hydrogen) atoms. The molecule has 0 amide bonds. The average Bonchev–Trinajstić information content (AvgIpc) is 2.57. The molecule has 1 aromatic carbocycles. The van der Waals surface area contributed by atoms with Crippen LogP contribution in [0.15, 0.2) is 42.7 Å². The lowest BCUT2D eigenvalue weighted by Crippen LogP contribution is -2.44. The number of benzene rings is 1. The summed E-state index contributed by atoms with van der Waals surface area (Å²) in [6.07, 6.45) is 4.33. The van der Waals surface area contributed by atoms with E-state index in [0.717, 1.165) is 38.4 Å². The summed E-state index contributed by atoms with van der Waals surface area (Å²) in [5, 5.41) is 3.35. The van der Waals surface area contributed by atoms with E-state index in [1.807, 2.05) is 6.07 Å². The van der Waals surface area contributed by atoms with Crippen molar-refractivity contribution in [2.75, 3.05) is 31.1 Å². The summed E-state index contributed by atoms with van der Waals surface area (Å²) in [4.78, 5) is 11.1. The van der Waals surface area contributed by atoms with Gasteiger partial charge in [0.15, 0.2) is 5.82 Å². The smallest absolute Gasteiger partial charge is 0.257 e. The van der Waals surface area contributed by atoms with Gasteiger partial charge in [0.05, 0.1) is 0 Å². The van der Waals surface area contributed by atoms with Gasteiger partial charge in [0, 0.05) is 45.0 Å². The third kappa shape index (κ3) is 3.74. The van der Waals surface area contributed by atoms with Gasteiger partial charge < -0.3 is 15.0 Å². The van der Waals surface area contributed by atoms with Gasteiger partial charge in [0.25, 0.3) is 5.88 Å². The minimum atomic E-state index is 0.0563. The van der Waals surface area contributed by atoms with Gasteiger partial charge in [-0.1, -0.05) is 30.3 Å². The Hall–Kier alpha value is -2.14. The lowest BCUT2D eigenvalue weighted by atomic mass is 10.1. The van der Waals surface area contributed by atoms with Crippen molar-refractivity contribution < 1.29 is 4.74 Å². The molecule has 2 aromatic rings. The number of rotatable bonds is 5. The van der Waals surface area contributed by atoms with E-state index in [1.54, 1.807) is 12.4 Å². The van der Waals surface area contributed by atoms with Crippen molar-refractivity contribution in [1.29, 1.82) is 0 Å². The predicted octanol–water partition coefficient (Wildman–Crippen LogP) is 1.90. The lowest BCUT2D eigenvalue weighted by molar-refractivity contribution is 0.212. The van der Waals surface area contributed by atoms with Crippen LogP contribution in [0.2, 0.25) is 0 Å². The number of aromatic nitrogens is 2. The summed E-state index contributed by atoms with van der Waals surface area (Å²) < 4.78 is 6.07. The van der Waals surface area contributed by atoms with Crippen LogP contribution in [0.5, 0.6) is 5.88 Å². The second kappa shape index (κ2) is 7.22. The maximum Gasteiger partial charge on any atom is 0.257 e. The summed E-state index contributed by atoms with van der Waals surface area (Å²) in [5.41, 5.74) is 1.27. The first-order chi connectivity index (χ1) is 10.8. The Labute approximate surface area is 131 Å². The second-order valence-electron chi connectivity index (χ2n) is 5.54. The van der Waals surface area contributed by atoms with E-state index in [4.69, 9.17) is 4.74 Å². The molecule has 116 valence electrons. The van der Waals surface area contributed by atoms with Crippen LogP contribution in [0.1, 0.15) is 12.5 Å². The van der Waals surface area contributed by atoms with Crippen LogP contribution in [-0.4, -0.2) is 42.3 Å². The second-order valence-corrected chi connectivity index (χ2v) is 5.54. The van der Waals surface area contributed by atoms with E-state index in [-0.39, 0.29) is 6.10 Å². The fourth-order valence-electron chi connectivity index (χ4n) is 2.67. The number of nitrogens with one attached hydrogen (secondary N) is 1. The van der Waals surface area contributed by atoms with Crippen molar-refractivity contribution in [2.24, 2.45) is 0 Å². The summed E-state index contributed by atoms with van der Waals surface area (Å²) in [6, 6.07) is 10.4. The number of nitrogens with zero attached hydrogens (tertiary/aromatic N) is 3. The molecule has 1 aromatic heterocycles. The predicted molar refractivity (Wildman–Crippen MR) is 87.4 cm³/mol. The average molecular weight is 298 g/mol. The molecule has 0 aliphatic carbocycles. The molecule has 0 saturated carbocycles. The zero-order chi connectivity index (χ0) is 15.2. The fraction of sp³-hybridized carbons (Fsp3) is 0.412. The molecule has 1 aliphatic rings.